The second-order valence-electron chi connectivity index (χ2n) is 6.09. The normalized spacial score (nSPS) is 11.0. The summed E-state index contributed by atoms with van der Waals surface area (Å²) in [6, 6.07) is 22.7. The van der Waals surface area contributed by atoms with Gasteiger partial charge in [-0.15, -0.1) is 11.3 Å². The van der Waals surface area contributed by atoms with Crippen molar-refractivity contribution < 1.29 is 9.21 Å². The van der Waals surface area contributed by atoms with Gasteiger partial charge in [0.05, 0.1) is 15.9 Å². The lowest BCUT2D eigenvalue weighted by Crippen LogP contribution is -2.11. The molecule has 6 nitrogen and oxygen atoms in total. The van der Waals surface area contributed by atoms with E-state index in [1.165, 1.54) is 11.3 Å². The highest BCUT2D eigenvalue weighted by atomic mass is 32.1. The average molecular weight is 386 g/mol. The van der Waals surface area contributed by atoms with Gasteiger partial charge in [0.25, 0.3) is 5.91 Å². The third-order valence-electron chi connectivity index (χ3n) is 4.19. The number of benzene rings is 2. The molecule has 3 aromatic heterocycles. The molecule has 5 aromatic rings. The summed E-state index contributed by atoms with van der Waals surface area (Å²) < 4.78 is 8.50. The van der Waals surface area contributed by atoms with Crippen LogP contribution in [0.3, 0.4) is 0 Å². The van der Waals surface area contributed by atoms with Crippen LogP contribution < -0.4 is 5.32 Å². The topological polar surface area (TPSA) is 73.0 Å². The number of rotatable bonds is 4. The fraction of sp³-hybridized carbons (Fsp3) is 0. The molecule has 0 spiro atoms. The maximum atomic E-state index is 12.5. The van der Waals surface area contributed by atoms with Gasteiger partial charge in [0.1, 0.15) is 0 Å². The Labute approximate surface area is 164 Å². The molecule has 3 heterocycles. The predicted molar refractivity (Wildman–Crippen MR) is 109 cm³/mol. The van der Waals surface area contributed by atoms with Crippen LogP contribution in [0.25, 0.3) is 26.7 Å². The number of hydrogen-bond acceptors (Lipinski definition) is 5. The summed E-state index contributed by atoms with van der Waals surface area (Å²) in [6.45, 7) is 0. The van der Waals surface area contributed by atoms with Gasteiger partial charge >= 0.3 is 0 Å². The Morgan fingerprint density at radius 2 is 1.79 bits per heavy atom. The van der Waals surface area contributed by atoms with Crippen molar-refractivity contribution in [2.75, 3.05) is 5.32 Å². The molecule has 5 rings (SSSR count). The third-order valence-corrected chi connectivity index (χ3v) is 5.24. The van der Waals surface area contributed by atoms with Crippen LogP contribution in [0.15, 0.2) is 83.4 Å². The SMILES string of the molecule is O=C(Nc1ccn(-c2ccccc2)n1)c1ccc(-c2nc3ccccc3s2)o1. The van der Waals surface area contributed by atoms with E-state index >= 15 is 0 Å². The van der Waals surface area contributed by atoms with Crippen molar-refractivity contribution in [2.24, 2.45) is 0 Å². The minimum absolute atomic E-state index is 0.212. The highest BCUT2D eigenvalue weighted by Crippen LogP contribution is 2.31. The van der Waals surface area contributed by atoms with E-state index in [2.05, 4.69) is 15.4 Å². The number of para-hydroxylation sites is 2. The highest BCUT2D eigenvalue weighted by Gasteiger charge is 2.16. The molecule has 2 aromatic carbocycles. The third kappa shape index (κ3) is 3.08. The molecule has 0 radical (unpaired) electrons. The minimum Gasteiger partial charge on any atom is -0.448 e. The van der Waals surface area contributed by atoms with Crippen molar-refractivity contribution in [3.8, 4) is 16.5 Å². The number of anilines is 1. The summed E-state index contributed by atoms with van der Waals surface area (Å²) in [5.74, 6) is 0.877. The summed E-state index contributed by atoms with van der Waals surface area (Å²) in [6.07, 6.45) is 1.79. The zero-order chi connectivity index (χ0) is 18.9. The van der Waals surface area contributed by atoms with Gasteiger partial charge in [0.15, 0.2) is 22.3 Å². The maximum Gasteiger partial charge on any atom is 0.292 e. The van der Waals surface area contributed by atoms with E-state index in [9.17, 15) is 4.79 Å². The smallest absolute Gasteiger partial charge is 0.292 e. The number of thiazole rings is 1. The van der Waals surface area contributed by atoms with E-state index in [4.69, 9.17) is 4.42 Å². The van der Waals surface area contributed by atoms with Gasteiger partial charge in [-0.05, 0) is 36.4 Å². The summed E-state index contributed by atoms with van der Waals surface area (Å²) in [5, 5.41) is 7.87. The van der Waals surface area contributed by atoms with Gasteiger partial charge in [-0.1, -0.05) is 30.3 Å². The molecule has 0 atom stereocenters. The van der Waals surface area contributed by atoms with Gasteiger partial charge in [0, 0.05) is 12.3 Å². The van der Waals surface area contributed by atoms with E-state index < -0.39 is 0 Å². The lowest BCUT2D eigenvalue weighted by Gasteiger charge is -2.01. The molecule has 136 valence electrons. The van der Waals surface area contributed by atoms with Crippen molar-refractivity contribution in [3.63, 3.8) is 0 Å². The van der Waals surface area contributed by atoms with Gasteiger partial charge < -0.3 is 9.73 Å². The zero-order valence-electron chi connectivity index (χ0n) is 14.6. The molecule has 7 heteroatoms. The lowest BCUT2D eigenvalue weighted by molar-refractivity contribution is 0.0997. The van der Waals surface area contributed by atoms with Crippen LogP contribution >= 0.6 is 11.3 Å². The second-order valence-corrected chi connectivity index (χ2v) is 7.12. The number of amides is 1. The Kier molecular flexibility index (Phi) is 3.99. The van der Waals surface area contributed by atoms with Crippen LogP contribution in [-0.2, 0) is 0 Å². The molecule has 0 aliphatic heterocycles. The molecule has 0 unspecified atom stereocenters. The van der Waals surface area contributed by atoms with E-state index in [-0.39, 0.29) is 11.7 Å². The second kappa shape index (κ2) is 6.79. The molecular weight excluding hydrogens is 372 g/mol. The van der Waals surface area contributed by atoms with Gasteiger partial charge in [-0.25, -0.2) is 9.67 Å². The van der Waals surface area contributed by atoms with E-state index in [0.717, 1.165) is 20.9 Å². The van der Waals surface area contributed by atoms with Gasteiger partial charge in [-0.3, -0.25) is 4.79 Å². The Morgan fingerprint density at radius 3 is 2.64 bits per heavy atom. The maximum absolute atomic E-state index is 12.5. The number of nitrogens with zero attached hydrogens (tertiary/aromatic N) is 3. The van der Waals surface area contributed by atoms with Crippen LogP contribution in [0.1, 0.15) is 10.6 Å². The van der Waals surface area contributed by atoms with Crippen molar-refractivity contribution in [2.45, 2.75) is 0 Å². The minimum atomic E-state index is -0.356. The monoisotopic (exact) mass is 386 g/mol. The Bertz CT molecular complexity index is 1240. The fourth-order valence-corrected chi connectivity index (χ4v) is 3.77. The first-order chi connectivity index (χ1) is 13.8. The van der Waals surface area contributed by atoms with E-state index in [1.807, 2.05) is 54.6 Å². The van der Waals surface area contributed by atoms with Crippen molar-refractivity contribution in [1.29, 1.82) is 0 Å². The summed E-state index contributed by atoms with van der Waals surface area (Å²) in [4.78, 5) is 17.1. The predicted octanol–water partition coefficient (Wildman–Crippen LogP) is 4.99. The summed E-state index contributed by atoms with van der Waals surface area (Å²) >= 11 is 1.53. The lowest BCUT2D eigenvalue weighted by atomic mass is 10.3. The van der Waals surface area contributed by atoms with Gasteiger partial charge in [0.2, 0.25) is 0 Å². The number of aromatic nitrogens is 3. The zero-order valence-corrected chi connectivity index (χ0v) is 15.4. The largest absolute Gasteiger partial charge is 0.448 e. The van der Waals surface area contributed by atoms with Crippen LogP contribution in [-0.4, -0.2) is 20.7 Å². The van der Waals surface area contributed by atoms with Crippen molar-refractivity contribution in [1.82, 2.24) is 14.8 Å². The molecule has 28 heavy (non-hydrogen) atoms. The summed E-state index contributed by atoms with van der Waals surface area (Å²) in [5.41, 5.74) is 1.83. The van der Waals surface area contributed by atoms with Crippen molar-refractivity contribution >= 4 is 33.3 Å². The molecule has 1 N–H and O–H groups in total. The molecule has 0 bridgehead atoms. The standard InChI is InChI=1S/C21H14N4O2S/c26-20(23-19-12-13-25(24-19)14-6-2-1-3-7-14)16-10-11-17(27-16)21-22-15-8-4-5-9-18(15)28-21/h1-13H,(H,23,24,26). The molecule has 0 aliphatic rings. The number of nitrogens with one attached hydrogen (secondary N) is 1. The molecule has 1 amide bonds. The first kappa shape index (κ1) is 16.5. The Balaban J connectivity index is 1.34. The van der Waals surface area contributed by atoms with Crippen molar-refractivity contribution in [3.05, 3.63) is 84.8 Å². The average Bonchev–Trinajstić information content (AvgIpc) is 3.47. The number of fused-ring (bicyclic) bond motifs is 1. The molecule has 0 fully saturated rings. The number of carbonyl (C=O) groups is 1. The summed E-state index contributed by atoms with van der Waals surface area (Å²) in [7, 11) is 0. The molecule has 0 aliphatic carbocycles. The number of furan rings is 1. The van der Waals surface area contributed by atoms with E-state index in [1.54, 1.807) is 29.1 Å². The quantitative estimate of drug-likeness (QED) is 0.472. The van der Waals surface area contributed by atoms with Crippen LogP contribution in [0, 0.1) is 0 Å². The Hall–Kier alpha value is -3.71. The first-order valence-electron chi connectivity index (χ1n) is 8.64. The van der Waals surface area contributed by atoms with E-state index in [0.29, 0.717) is 11.6 Å². The number of carbonyl (C=O) groups excluding carboxylic acids is 1. The van der Waals surface area contributed by atoms with Crippen LogP contribution in [0.5, 0.6) is 0 Å². The van der Waals surface area contributed by atoms with Crippen LogP contribution in [0.2, 0.25) is 0 Å². The number of hydrogen-bond donors (Lipinski definition) is 1. The molecular formula is C21H14N4O2S. The Morgan fingerprint density at radius 1 is 0.964 bits per heavy atom. The first-order valence-corrected chi connectivity index (χ1v) is 9.46. The molecule has 0 saturated heterocycles. The highest BCUT2D eigenvalue weighted by molar-refractivity contribution is 7.21. The van der Waals surface area contributed by atoms with Crippen LogP contribution in [0.4, 0.5) is 5.82 Å². The fourth-order valence-electron chi connectivity index (χ4n) is 2.85. The van der Waals surface area contributed by atoms with Gasteiger partial charge in [-0.2, -0.15) is 5.10 Å². The molecule has 0 saturated carbocycles.